The van der Waals surface area contributed by atoms with E-state index in [9.17, 15) is 10.1 Å². The first-order valence-corrected chi connectivity index (χ1v) is 9.12. The lowest BCUT2D eigenvalue weighted by molar-refractivity contribution is 0.0697. The van der Waals surface area contributed by atoms with Gasteiger partial charge in [0.05, 0.1) is 23.4 Å². The lowest BCUT2D eigenvalue weighted by Crippen LogP contribution is -2.03. The first-order valence-electron chi connectivity index (χ1n) is 8.74. The number of carboxylic acids is 1. The van der Waals surface area contributed by atoms with Crippen LogP contribution in [0.25, 0.3) is 11.3 Å². The number of ether oxygens (including phenoxy) is 1. The number of pyridine rings is 1. The average molecular weight is 425 g/mol. The van der Waals surface area contributed by atoms with Gasteiger partial charge in [-0.25, -0.2) is 9.78 Å². The van der Waals surface area contributed by atoms with Crippen LogP contribution in [0, 0.1) is 18.3 Å². The Morgan fingerprint density at radius 1 is 1.40 bits per heavy atom. The molecule has 3 aromatic rings. The summed E-state index contributed by atoms with van der Waals surface area (Å²) in [7, 11) is 1.55. The molecule has 152 valence electrons. The molecular formula is C21H17ClN4O4. The Bertz CT molecular complexity index is 1160. The molecule has 2 aromatic heterocycles. The highest BCUT2D eigenvalue weighted by Gasteiger charge is 2.12. The van der Waals surface area contributed by atoms with Gasteiger partial charge in [0, 0.05) is 23.9 Å². The lowest BCUT2D eigenvalue weighted by atomic mass is 10.1. The zero-order valence-electron chi connectivity index (χ0n) is 16.1. The van der Waals surface area contributed by atoms with Crippen molar-refractivity contribution in [2.45, 2.75) is 13.5 Å². The summed E-state index contributed by atoms with van der Waals surface area (Å²) in [5.41, 5.74) is 5.21. The van der Waals surface area contributed by atoms with E-state index < -0.39 is 5.97 Å². The molecule has 0 aliphatic carbocycles. The number of rotatable bonds is 7. The molecule has 3 rings (SSSR count). The minimum Gasteiger partial charge on any atom is -0.478 e. The maximum atomic E-state index is 11.1. The van der Waals surface area contributed by atoms with Gasteiger partial charge in [-0.1, -0.05) is 17.7 Å². The number of carboxylic acid groups (broad SMARTS) is 1. The van der Waals surface area contributed by atoms with E-state index in [0.29, 0.717) is 34.0 Å². The van der Waals surface area contributed by atoms with Crippen LogP contribution in [0.3, 0.4) is 0 Å². The van der Waals surface area contributed by atoms with E-state index in [1.54, 1.807) is 31.4 Å². The van der Waals surface area contributed by atoms with Crippen LogP contribution in [0.5, 0.6) is 0 Å². The molecular weight excluding hydrogens is 408 g/mol. The molecule has 2 heterocycles. The Hall–Kier alpha value is -3.67. The summed E-state index contributed by atoms with van der Waals surface area (Å²) < 4.78 is 10.8. The van der Waals surface area contributed by atoms with Crippen LogP contribution in [0.1, 0.15) is 32.9 Å². The Morgan fingerprint density at radius 2 is 2.20 bits per heavy atom. The van der Waals surface area contributed by atoms with Gasteiger partial charge >= 0.3 is 5.97 Å². The largest absolute Gasteiger partial charge is 0.478 e. The number of methoxy groups -OCH3 is 1. The van der Waals surface area contributed by atoms with E-state index in [1.807, 2.05) is 6.92 Å². The number of hydrazone groups is 1. The van der Waals surface area contributed by atoms with Gasteiger partial charge < -0.3 is 14.3 Å². The monoisotopic (exact) mass is 424 g/mol. The van der Waals surface area contributed by atoms with Crippen molar-refractivity contribution in [1.82, 2.24) is 4.98 Å². The summed E-state index contributed by atoms with van der Waals surface area (Å²) in [5.74, 6) is 0.173. The fourth-order valence-electron chi connectivity index (χ4n) is 2.79. The second-order valence-electron chi connectivity index (χ2n) is 6.26. The fourth-order valence-corrected chi connectivity index (χ4v) is 3.05. The summed E-state index contributed by atoms with van der Waals surface area (Å²) in [6.45, 7) is 2.10. The summed E-state index contributed by atoms with van der Waals surface area (Å²) in [5, 5.41) is 22.7. The van der Waals surface area contributed by atoms with E-state index in [1.165, 1.54) is 18.3 Å². The molecule has 0 amide bonds. The van der Waals surface area contributed by atoms with Crippen molar-refractivity contribution in [3.8, 4) is 17.4 Å². The van der Waals surface area contributed by atoms with Crippen molar-refractivity contribution >= 4 is 29.6 Å². The number of nitrogens with zero attached hydrogens (tertiary/aromatic N) is 3. The smallest absolute Gasteiger partial charge is 0.337 e. The Balaban J connectivity index is 1.78. The molecule has 0 aliphatic rings. The van der Waals surface area contributed by atoms with E-state index in [-0.39, 0.29) is 17.2 Å². The van der Waals surface area contributed by atoms with Gasteiger partial charge in [0.25, 0.3) is 0 Å². The zero-order valence-corrected chi connectivity index (χ0v) is 16.9. The summed E-state index contributed by atoms with van der Waals surface area (Å²) in [6, 6.07) is 11.9. The molecule has 1 aromatic carbocycles. The normalized spacial score (nSPS) is 10.9. The predicted octanol–water partition coefficient (Wildman–Crippen LogP) is 4.47. The Morgan fingerprint density at radius 3 is 2.87 bits per heavy atom. The summed E-state index contributed by atoms with van der Waals surface area (Å²) >= 11 is 6.01. The fraction of sp³-hybridized carbons (Fsp3) is 0.143. The van der Waals surface area contributed by atoms with E-state index in [0.717, 1.165) is 5.69 Å². The maximum Gasteiger partial charge on any atom is 0.337 e. The van der Waals surface area contributed by atoms with Crippen LogP contribution in [-0.2, 0) is 11.3 Å². The number of carbonyl (C=O) groups is 1. The quantitative estimate of drug-likeness (QED) is 0.424. The van der Waals surface area contributed by atoms with E-state index in [2.05, 4.69) is 21.6 Å². The Kier molecular flexibility index (Phi) is 6.47. The van der Waals surface area contributed by atoms with Gasteiger partial charge in [-0.15, -0.1) is 0 Å². The van der Waals surface area contributed by atoms with Crippen molar-refractivity contribution in [2.75, 3.05) is 12.5 Å². The number of furan rings is 1. The number of aromatic carboxylic acids is 1. The highest BCUT2D eigenvalue weighted by Crippen LogP contribution is 2.27. The third-order valence-electron chi connectivity index (χ3n) is 4.11. The average Bonchev–Trinajstić information content (AvgIpc) is 3.16. The van der Waals surface area contributed by atoms with Gasteiger partial charge in [0.15, 0.2) is 5.82 Å². The number of halogens is 1. The number of nitrogens with one attached hydrogen (secondary N) is 1. The molecule has 2 N–H and O–H groups in total. The lowest BCUT2D eigenvalue weighted by Gasteiger charge is -2.08. The van der Waals surface area contributed by atoms with Gasteiger partial charge in [0.1, 0.15) is 23.2 Å². The van der Waals surface area contributed by atoms with Gasteiger partial charge in [-0.05, 0) is 37.3 Å². The molecule has 0 spiro atoms. The van der Waals surface area contributed by atoms with Gasteiger partial charge in [-0.2, -0.15) is 10.4 Å². The van der Waals surface area contributed by atoms with Crippen molar-refractivity contribution in [3.63, 3.8) is 0 Å². The molecule has 0 fully saturated rings. The number of aryl methyl sites for hydroxylation is 1. The number of nitriles is 1. The predicted molar refractivity (Wildman–Crippen MR) is 112 cm³/mol. The van der Waals surface area contributed by atoms with E-state index in [4.69, 9.17) is 25.9 Å². The number of aromatic nitrogens is 1. The van der Waals surface area contributed by atoms with Crippen LogP contribution in [0.4, 0.5) is 5.82 Å². The molecule has 8 nitrogen and oxygen atoms in total. The standard InChI is InChI=1S/C21H17ClN4O4/c1-12-7-14(11-29-2)17(9-23)20(25-12)26-24-10-15-4-6-19(30-15)13-3-5-16(21(27)28)18(22)8-13/h3-8,10H,11H2,1-2H3,(H,25,26)(H,27,28). The zero-order chi connectivity index (χ0) is 21.7. The second kappa shape index (κ2) is 9.22. The first-order chi connectivity index (χ1) is 14.4. The second-order valence-corrected chi connectivity index (χ2v) is 6.67. The molecule has 30 heavy (non-hydrogen) atoms. The molecule has 0 bridgehead atoms. The maximum absolute atomic E-state index is 11.1. The number of anilines is 1. The van der Waals surface area contributed by atoms with Crippen LogP contribution in [-0.4, -0.2) is 29.4 Å². The third-order valence-corrected chi connectivity index (χ3v) is 4.43. The molecule has 0 unspecified atom stereocenters. The number of benzene rings is 1. The summed E-state index contributed by atoms with van der Waals surface area (Å²) in [6.07, 6.45) is 1.44. The SMILES string of the molecule is COCc1cc(C)nc(NN=Cc2ccc(-c3ccc(C(=O)O)c(Cl)c3)o2)c1C#N. The van der Waals surface area contributed by atoms with Crippen molar-refractivity contribution in [3.05, 3.63) is 69.6 Å². The molecule has 0 saturated carbocycles. The van der Waals surface area contributed by atoms with E-state index >= 15 is 0 Å². The van der Waals surface area contributed by atoms with Crippen molar-refractivity contribution < 1.29 is 19.1 Å². The Labute approximate surface area is 177 Å². The van der Waals surface area contributed by atoms with Crippen LogP contribution < -0.4 is 5.43 Å². The highest BCUT2D eigenvalue weighted by molar-refractivity contribution is 6.33. The number of hydrogen-bond donors (Lipinski definition) is 2. The van der Waals surface area contributed by atoms with Crippen molar-refractivity contribution in [1.29, 1.82) is 5.26 Å². The van der Waals surface area contributed by atoms with Crippen LogP contribution in [0.2, 0.25) is 5.02 Å². The van der Waals surface area contributed by atoms with Crippen LogP contribution in [0.15, 0.2) is 45.9 Å². The molecule has 9 heteroatoms. The topological polar surface area (TPSA) is 121 Å². The third kappa shape index (κ3) is 4.66. The minimum atomic E-state index is -1.10. The first kappa shape index (κ1) is 21.0. The molecule has 0 radical (unpaired) electrons. The van der Waals surface area contributed by atoms with Gasteiger partial charge in [-0.3, -0.25) is 5.43 Å². The van der Waals surface area contributed by atoms with Crippen molar-refractivity contribution in [2.24, 2.45) is 5.10 Å². The minimum absolute atomic E-state index is 0.0183. The molecule has 0 atom stereocenters. The van der Waals surface area contributed by atoms with Crippen LogP contribution >= 0.6 is 11.6 Å². The number of hydrogen-bond acceptors (Lipinski definition) is 7. The highest BCUT2D eigenvalue weighted by atomic mass is 35.5. The summed E-state index contributed by atoms with van der Waals surface area (Å²) in [4.78, 5) is 15.4. The molecule has 0 aliphatic heterocycles. The molecule has 0 saturated heterocycles. The van der Waals surface area contributed by atoms with Gasteiger partial charge in [0.2, 0.25) is 0 Å².